The summed E-state index contributed by atoms with van der Waals surface area (Å²) in [4.78, 5) is 4.00. The van der Waals surface area contributed by atoms with Crippen molar-refractivity contribution in [1.29, 1.82) is 0 Å². The zero-order valence-corrected chi connectivity index (χ0v) is 11.9. The number of hydrogen-bond acceptors (Lipinski definition) is 4. The molecule has 6 heteroatoms. The van der Waals surface area contributed by atoms with Gasteiger partial charge in [0, 0.05) is 25.5 Å². The monoisotopic (exact) mass is 294 g/mol. The highest BCUT2D eigenvalue weighted by molar-refractivity contribution is 7.91. The zero-order valence-electron chi connectivity index (χ0n) is 10.3. The summed E-state index contributed by atoms with van der Waals surface area (Å²) < 4.78 is 26.6. The maximum atomic E-state index is 12.5. The molecule has 0 N–H and O–H groups in total. The van der Waals surface area contributed by atoms with E-state index in [0.717, 1.165) is 5.56 Å². The number of sulfonamides is 1. The van der Waals surface area contributed by atoms with Gasteiger partial charge in [-0.2, -0.15) is 4.31 Å². The van der Waals surface area contributed by atoms with Gasteiger partial charge in [-0.25, -0.2) is 8.42 Å². The summed E-state index contributed by atoms with van der Waals surface area (Å²) in [5, 5.41) is 1.75. The van der Waals surface area contributed by atoms with Crippen LogP contribution in [0.1, 0.15) is 5.56 Å². The van der Waals surface area contributed by atoms with E-state index in [1.807, 2.05) is 6.07 Å². The fourth-order valence-electron chi connectivity index (χ4n) is 1.62. The molecule has 2 heterocycles. The molecule has 0 amide bonds. The normalized spacial score (nSPS) is 11.6. The van der Waals surface area contributed by atoms with Crippen LogP contribution in [-0.4, -0.2) is 24.3 Å². The first-order chi connectivity index (χ1) is 9.14. The highest BCUT2D eigenvalue weighted by Gasteiger charge is 2.24. The van der Waals surface area contributed by atoms with E-state index in [1.165, 1.54) is 15.6 Å². The Bertz CT molecular complexity index is 622. The summed E-state index contributed by atoms with van der Waals surface area (Å²) in [6, 6.07) is 6.99. The minimum Gasteiger partial charge on any atom is -0.264 e. The van der Waals surface area contributed by atoms with Crippen LogP contribution in [0.25, 0.3) is 0 Å². The Morgan fingerprint density at radius 1 is 1.37 bits per heavy atom. The van der Waals surface area contributed by atoms with Gasteiger partial charge in [0.25, 0.3) is 10.0 Å². The molecule has 0 fully saturated rings. The molecule has 0 saturated carbocycles. The van der Waals surface area contributed by atoms with Gasteiger partial charge in [0.2, 0.25) is 0 Å². The molecular weight excluding hydrogens is 280 g/mol. The first-order valence-corrected chi connectivity index (χ1v) is 8.00. The van der Waals surface area contributed by atoms with Crippen LogP contribution in [0.5, 0.6) is 0 Å². The number of thiophene rings is 1. The minimum atomic E-state index is -3.47. The van der Waals surface area contributed by atoms with Crippen molar-refractivity contribution >= 4 is 21.4 Å². The molecule has 0 saturated heterocycles. The first kappa shape index (κ1) is 13.9. The minimum absolute atomic E-state index is 0.273. The predicted octanol–water partition coefficient (Wildman–Crippen LogP) is 2.52. The maximum Gasteiger partial charge on any atom is 0.253 e. The van der Waals surface area contributed by atoms with Gasteiger partial charge in [0.1, 0.15) is 4.21 Å². The first-order valence-electron chi connectivity index (χ1n) is 5.68. The van der Waals surface area contributed by atoms with E-state index in [4.69, 9.17) is 0 Å². The molecule has 4 nitrogen and oxygen atoms in total. The fraction of sp³-hybridized carbons (Fsp3) is 0.154. The van der Waals surface area contributed by atoms with Crippen molar-refractivity contribution in [1.82, 2.24) is 9.29 Å². The molecular formula is C13H14N2O2S2. The van der Waals surface area contributed by atoms with Gasteiger partial charge in [0.15, 0.2) is 0 Å². The predicted molar refractivity (Wildman–Crippen MR) is 76.3 cm³/mol. The topological polar surface area (TPSA) is 50.3 Å². The van der Waals surface area contributed by atoms with E-state index in [-0.39, 0.29) is 6.54 Å². The lowest BCUT2D eigenvalue weighted by molar-refractivity contribution is 0.439. The molecule has 0 aromatic carbocycles. The molecule has 0 aliphatic heterocycles. The largest absolute Gasteiger partial charge is 0.264 e. The molecule has 100 valence electrons. The van der Waals surface area contributed by atoms with Gasteiger partial charge in [-0.3, -0.25) is 4.98 Å². The van der Waals surface area contributed by atoms with Crippen LogP contribution in [0.3, 0.4) is 0 Å². The lowest BCUT2D eigenvalue weighted by atomic mass is 10.3. The summed E-state index contributed by atoms with van der Waals surface area (Å²) in [5.41, 5.74) is 0.851. The van der Waals surface area contributed by atoms with Crippen LogP contribution in [0.2, 0.25) is 0 Å². The van der Waals surface area contributed by atoms with E-state index in [0.29, 0.717) is 10.8 Å². The molecule has 2 aromatic rings. The van der Waals surface area contributed by atoms with Gasteiger partial charge >= 0.3 is 0 Å². The van der Waals surface area contributed by atoms with Gasteiger partial charge in [0.05, 0.1) is 0 Å². The molecule has 0 aliphatic rings. The van der Waals surface area contributed by atoms with Crippen LogP contribution < -0.4 is 0 Å². The lowest BCUT2D eigenvalue weighted by Gasteiger charge is -2.19. The summed E-state index contributed by atoms with van der Waals surface area (Å²) in [6.45, 7) is 4.18. The summed E-state index contributed by atoms with van der Waals surface area (Å²) in [5.74, 6) is 0. The Hall–Kier alpha value is -1.50. The summed E-state index contributed by atoms with van der Waals surface area (Å²) in [7, 11) is -3.47. The van der Waals surface area contributed by atoms with Gasteiger partial charge < -0.3 is 0 Å². The smallest absolute Gasteiger partial charge is 0.253 e. The average molecular weight is 294 g/mol. The molecule has 19 heavy (non-hydrogen) atoms. The zero-order chi connectivity index (χ0) is 13.7. The third-order valence-corrected chi connectivity index (χ3v) is 5.69. The SMILES string of the molecule is C=CCN(Cc1cccnc1)S(=O)(=O)c1cccs1. The standard InChI is InChI=1S/C13H14N2O2S2/c1-2-8-15(11-12-5-3-7-14-10-12)19(16,17)13-6-4-9-18-13/h2-7,9-10H,1,8,11H2. The summed E-state index contributed by atoms with van der Waals surface area (Å²) >= 11 is 1.22. The number of aromatic nitrogens is 1. The van der Waals surface area contributed by atoms with Crippen LogP contribution >= 0.6 is 11.3 Å². The van der Waals surface area contributed by atoms with Crippen molar-refractivity contribution in [2.45, 2.75) is 10.8 Å². The highest BCUT2D eigenvalue weighted by Crippen LogP contribution is 2.22. The summed E-state index contributed by atoms with van der Waals surface area (Å²) in [6.07, 6.45) is 4.91. The third-order valence-electron chi connectivity index (χ3n) is 2.50. The quantitative estimate of drug-likeness (QED) is 0.769. The Morgan fingerprint density at radius 2 is 2.21 bits per heavy atom. The number of pyridine rings is 1. The molecule has 0 aliphatic carbocycles. The molecule has 0 bridgehead atoms. The van der Waals surface area contributed by atoms with E-state index in [2.05, 4.69) is 11.6 Å². The van der Waals surface area contributed by atoms with Crippen molar-refractivity contribution < 1.29 is 8.42 Å². The number of hydrogen-bond donors (Lipinski definition) is 0. The van der Waals surface area contributed by atoms with Crippen molar-refractivity contribution in [2.24, 2.45) is 0 Å². The Morgan fingerprint density at radius 3 is 2.79 bits per heavy atom. The van der Waals surface area contributed by atoms with Crippen LogP contribution in [0, 0.1) is 0 Å². The molecule has 2 aromatic heterocycles. The Balaban J connectivity index is 2.28. The van der Waals surface area contributed by atoms with Crippen LogP contribution in [0.15, 0.2) is 58.9 Å². The second-order valence-electron chi connectivity index (χ2n) is 3.88. The molecule has 0 unspecified atom stereocenters. The van der Waals surface area contributed by atoms with Gasteiger partial charge in [-0.15, -0.1) is 17.9 Å². The third kappa shape index (κ3) is 3.28. The Labute approximate surface area is 117 Å². The van der Waals surface area contributed by atoms with Gasteiger partial charge in [-0.1, -0.05) is 18.2 Å². The van der Waals surface area contributed by atoms with Crippen molar-refractivity contribution in [3.05, 3.63) is 60.3 Å². The van der Waals surface area contributed by atoms with Crippen molar-refractivity contribution in [3.8, 4) is 0 Å². The van der Waals surface area contributed by atoms with E-state index in [1.54, 1.807) is 42.0 Å². The molecule has 0 radical (unpaired) electrons. The number of rotatable bonds is 6. The number of nitrogens with zero attached hydrogens (tertiary/aromatic N) is 2. The van der Waals surface area contributed by atoms with E-state index in [9.17, 15) is 8.42 Å². The van der Waals surface area contributed by atoms with Crippen LogP contribution in [-0.2, 0) is 16.6 Å². The lowest BCUT2D eigenvalue weighted by Crippen LogP contribution is -2.30. The molecule has 2 rings (SSSR count). The Kier molecular flexibility index (Phi) is 4.47. The maximum absolute atomic E-state index is 12.5. The van der Waals surface area contributed by atoms with Gasteiger partial charge in [-0.05, 0) is 23.1 Å². The van der Waals surface area contributed by atoms with Crippen LogP contribution in [0.4, 0.5) is 0 Å². The molecule has 0 spiro atoms. The second-order valence-corrected chi connectivity index (χ2v) is 6.99. The van der Waals surface area contributed by atoms with Crippen molar-refractivity contribution in [3.63, 3.8) is 0 Å². The molecule has 0 atom stereocenters. The van der Waals surface area contributed by atoms with E-state index < -0.39 is 10.0 Å². The second kappa shape index (κ2) is 6.10. The fourth-order valence-corrected chi connectivity index (χ4v) is 4.17. The van der Waals surface area contributed by atoms with Crippen molar-refractivity contribution in [2.75, 3.05) is 6.54 Å². The average Bonchev–Trinajstić information content (AvgIpc) is 2.94. The highest BCUT2D eigenvalue weighted by atomic mass is 32.2. The van der Waals surface area contributed by atoms with E-state index >= 15 is 0 Å².